The van der Waals surface area contributed by atoms with Gasteiger partial charge in [-0.2, -0.15) is 8.42 Å². The molecule has 0 N–H and O–H groups in total. The molecule has 0 saturated carbocycles. The van der Waals surface area contributed by atoms with Gasteiger partial charge in [-0.15, -0.1) is 0 Å². The van der Waals surface area contributed by atoms with Crippen molar-refractivity contribution in [2.24, 2.45) is 0 Å². The van der Waals surface area contributed by atoms with Crippen LogP contribution in [0.4, 0.5) is 0 Å². The molecule has 21 heavy (non-hydrogen) atoms. The van der Waals surface area contributed by atoms with Gasteiger partial charge in [-0.25, -0.2) is 4.31 Å². The Bertz CT molecular complexity index is 708. The molecule has 1 unspecified atom stereocenters. The van der Waals surface area contributed by atoms with Crippen LogP contribution in [0.1, 0.15) is 24.4 Å². The quantitative estimate of drug-likeness (QED) is 0.567. The number of rotatable bonds is 2. The fourth-order valence-electron chi connectivity index (χ4n) is 2.37. The second-order valence-electron chi connectivity index (χ2n) is 4.73. The van der Waals surface area contributed by atoms with E-state index >= 15 is 0 Å². The zero-order chi connectivity index (χ0) is 15.2. The van der Waals surface area contributed by atoms with E-state index in [-0.39, 0.29) is 6.42 Å². The number of halogens is 2. The molecule has 2 aliphatic rings. The van der Waals surface area contributed by atoms with Crippen molar-refractivity contribution in [3.05, 3.63) is 22.2 Å². The van der Waals surface area contributed by atoms with Crippen LogP contribution < -0.4 is 9.47 Å². The Labute approximate surface area is 134 Å². The molecule has 1 amide bonds. The molecule has 1 aromatic rings. The maximum atomic E-state index is 11.5. The van der Waals surface area contributed by atoms with Gasteiger partial charge >= 0.3 is 9.24 Å². The lowest BCUT2D eigenvalue weighted by Gasteiger charge is -2.37. The van der Waals surface area contributed by atoms with Crippen LogP contribution in [0.5, 0.6) is 11.5 Å². The third kappa shape index (κ3) is 2.72. The van der Waals surface area contributed by atoms with Gasteiger partial charge in [0.15, 0.2) is 11.5 Å². The molecule has 1 saturated heterocycles. The third-order valence-electron chi connectivity index (χ3n) is 3.34. The molecule has 1 aromatic carbocycles. The highest BCUT2D eigenvalue weighted by Gasteiger charge is 2.45. The number of hydrogen-bond donors (Lipinski definition) is 0. The van der Waals surface area contributed by atoms with E-state index in [1.165, 1.54) is 0 Å². The molecule has 0 aromatic heterocycles. The molecule has 9 heteroatoms. The number of carbonyl (C=O) groups excluding carboxylic acids is 1. The molecule has 114 valence electrons. The number of fused-ring (bicyclic) bond motifs is 1. The minimum absolute atomic E-state index is 0.0953. The lowest BCUT2D eigenvalue weighted by molar-refractivity contribution is -0.137. The van der Waals surface area contributed by atoms with Gasteiger partial charge in [-0.05, 0) is 33.6 Å². The Morgan fingerprint density at radius 3 is 2.67 bits per heavy atom. The van der Waals surface area contributed by atoms with E-state index < -0.39 is 21.2 Å². The Balaban J connectivity index is 1.99. The summed E-state index contributed by atoms with van der Waals surface area (Å²) in [7, 11) is 1.21. The summed E-state index contributed by atoms with van der Waals surface area (Å²) in [5.74, 6) is 0.601. The molecule has 1 atom stereocenters. The summed E-state index contributed by atoms with van der Waals surface area (Å²) in [6.07, 6.45) is 0.860. The van der Waals surface area contributed by atoms with Crippen LogP contribution in [0.3, 0.4) is 0 Å². The topological polar surface area (TPSA) is 72.9 Å². The third-order valence-corrected chi connectivity index (χ3v) is 5.30. The first-order chi connectivity index (χ1) is 9.88. The van der Waals surface area contributed by atoms with E-state index in [1.54, 1.807) is 12.1 Å². The average Bonchev–Trinajstić information content (AvgIpc) is 2.58. The van der Waals surface area contributed by atoms with Crippen molar-refractivity contribution in [2.45, 2.75) is 18.9 Å². The summed E-state index contributed by atoms with van der Waals surface area (Å²) >= 11 is 3.38. The fourth-order valence-corrected chi connectivity index (χ4v) is 4.28. The summed E-state index contributed by atoms with van der Waals surface area (Å²) in [5, 5.41) is 0. The molecule has 0 aliphatic carbocycles. The van der Waals surface area contributed by atoms with Gasteiger partial charge in [-0.3, -0.25) is 4.79 Å². The van der Waals surface area contributed by atoms with Gasteiger partial charge in [0, 0.05) is 17.1 Å². The zero-order valence-corrected chi connectivity index (χ0v) is 13.9. The van der Waals surface area contributed by atoms with Crippen molar-refractivity contribution in [1.82, 2.24) is 4.31 Å². The lowest BCUT2D eigenvalue weighted by atomic mass is 9.97. The van der Waals surface area contributed by atoms with Gasteiger partial charge in [0.1, 0.15) is 0 Å². The van der Waals surface area contributed by atoms with Crippen molar-refractivity contribution >= 4 is 41.8 Å². The summed E-state index contributed by atoms with van der Waals surface area (Å²) in [4.78, 5) is 11.5. The van der Waals surface area contributed by atoms with Crippen molar-refractivity contribution in [2.75, 3.05) is 13.2 Å². The van der Waals surface area contributed by atoms with Gasteiger partial charge in [0.05, 0.1) is 30.1 Å². The Kier molecular flexibility index (Phi) is 3.79. The molecule has 0 spiro atoms. The van der Waals surface area contributed by atoms with Crippen molar-refractivity contribution in [3.8, 4) is 11.5 Å². The van der Waals surface area contributed by atoms with E-state index in [0.29, 0.717) is 39.1 Å². The molecule has 1 fully saturated rings. The highest BCUT2D eigenvalue weighted by molar-refractivity contribution is 9.10. The molecule has 2 heterocycles. The van der Waals surface area contributed by atoms with Gasteiger partial charge < -0.3 is 9.47 Å². The SMILES string of the molecule is O=C1CC(c2cc(Br)c3c(c2)OCCCO3)N1S(=O)(=O)Cl. The van der Waals surface area contributed by atoms with Crippen LogP contribution in [0, 0.1) is 0 Å². The van der Waals surface area contributed by atoms with Crippen molar-refractivity contribution < 1.29 is 22.7 Å². The van der Waals surface area contributed by atoms with Crippen LogP contribution >= 0.6 is 26.6 Å². The predicted octanol–water partition coefficient (Wildman–Crippen LogP) is 2.37. The zero-order valence-electron chi connectivity index (χ0n) is 10.7. The molecular formula is C12H11BrClNO5S. The van der Waals surface area contributed by atoms with Crippen molar-refractivity contribution in [1.29, 1.82) is 0 Å². The summed E-state index contributed by atoms with van der Waals surface area (Å²) in [6, 6.07) is 2.81. The predicted molar refractivity (Wildman–Crippen MR) is 78.7 cm³/mol. The van der Waals surface area contributed by atoms with Gasteiger partial charge in [0.2, 0.25) is 5.91 Å². The normalized spacial score (nSPS) is 21.7. The number of ether oxygens (including phenoxy) is 2. The van der Waals surface area contributed by atoms with Gasteiger partial charge in [0.25, 0.3) is 0 Å². The minimum atomic E-state index is -4.09. The largest absolute Gasteiger partial charge is 0.490 e. The highest BCUT2D eigenvalue weighted by Crippen LogP contribution is 2.44. The number of β-lactam (4-membered cyclic amide) rings is 1. The Hall–Kier alpha value is -0.990. The monoisotopic (exact) mass is 395 g/mol. The number of carbonyl (C=O) groups is 1. The fraction of sp³-hybridized carbons (Fsp3) is 0.417. The first-order valence-electron chi connectivity index (χ1n) is 6.24. The number of amides is 1. The number of hydrogen-bond acceptors (Lipinski definition) is 5. The van der Waals surface area contributed by atoms with E-state index in [4.69, 9.17) is 20.2 Å². The molecule has 2 aliphatic heterocycles. The summed E-state index contributed by atoms with van der Waals surface area (Å²) in [6.45, 7) is 1.07. The van der Waals surface area contributed by atoms with E-state index in [0.717, 1.165) is 6.42 Å². The lowest BCUT2D eigenvalue weighted by Crippen LogP contribution is -2.47. The first kappa shape index (κ1) is 14.9. The number of benzene rings is 1. The average molecular weight is 397 g/mol. The maximum absolute atomic E-state index is 11.5. The van der Waals surface area contributed by atoms with Crippen LogP contribution in [-0.2, 0) is 14.0 Å². The van der Waals surface area contributed by atoms with E-state index in [1.807, 2.05) is 0 Å². The van der Waals surface area contributed by atoms with Gasteiger partial charge in [-0.1, -0.05) is 0 Å². The van der Waals surface area contributed by atoms with Crippen LogP contribution in [0.2, 0.25) is 0 Å². The smallest absolute Gasteiger partial charge is 0.324 e. The van der Waals surface area contributed by atoms with E-state index in [2.05, 4.69) is 15.9 Å². The van der Waals surface area contributed by atoms with Crippen molar-refractivity contribution in [3.63, 3.8) is 0 Å². The van der Waals surface area contributed by atoms with E-state index in [9.17, 15) is 13.2 Å². The second kappa shape index (κ2) is 5.33. The highest BCUT2D eigenvalue weighted by atomic mass is 79.9. The molecular weight excluding hydrogens is 386 g/mol. The summed E-state index contributed by atoms with van der Waals surface area (Å²) in [5.41, 5.74) is 0.634. The molecule has 0 bridgehead atoms. The Morgan fingerprint density at radius 2 is 2.00 bits per heavy atom. The Morgan fingerprint density at radius 1 is 1.29 bits per heavy atom. The first-order valence-corrected chi connectivity index (χ1v) is 9.30. The second-order valence-corrected chi connectivity index (χ2v) is 7.97. The van der Waals surface area contributed by atoms with Crippen LogP contribution in [0.25, 0.3) is 0 Å². The standard InChI is InChI=1S/C12H11BrClNO5S/c13-8-4-7(5-10-12(8)20-3-1-2-19-10)9-6-11(16)15(9)21(14,17)18/h4-5,9H,1-3,6H2. The summed E-state index contributed by atoms with van der Waals surface area (Å²) < 4.78 is 35.4. The number of nitrogens with zero attached hydrogens (tertiary/aromatic N) is 1. The maximum Gasteiger partial charge on any atom is 0.324 e. The molecule has 0 radical (unpaired) electrons. The molecule has 6 nitrogen and oxygen atoms in total. The van der Waals surface area contributed by atoms with Crippen LogP contribution in [0.15, 0.2) is 16.6 Å². The van der Waals surface area contributed by atoms with Crippen LogP contribution in [-0.4, -0.2) is 31.8 Å². The molecule has 3 rings (SSSR count). The minimum Gasteiger partial charge on any atom is -0.490 e.